The Morgan fingerprint density at radius 1 is 0.871 bits per heavy atom. The molecule has 2 aromatic carbocycles. The van der Waals surface area contributed by atoms with Gasteiger partial charge in [0.05, 0.1) is 4.90 Å². The van der Waals surface area contributed by atoms with Crippen LogP contribution in [0.25, 0.3) is 0 Å². The summed E-state index contributed by atoms with van der Waals surface area (Å²) in [5.41, 5.74) is 2.37. The molecule has 1 heterocycles. The molecule has 1 saturated carbocycles. The Kier molecular flexibility index (Phi) is 6.27. The molecule has 1 fully saturated rings. The lowest BCUT2D eigenvalue weighted by Crippen LogP contribution is -2.15. The number of carbonyl (C=O) groups is 1. The molecular formula is C23H24N4O3S. The third kappa shape index (κ3) is 5.27. The van der Waals surface area contributed by atoms with E-state index in [9.17, 15) is 13.2 Å². The number of anilines is 2. The molecule has 0 bridgehead atoms. The number of hydrogen-bond donors (Lipinski definition) is 2. The highest BCUT2D eigenvalue weighted by Crippen LogP contribution is 2.32. The molecule has 160 valence electrons. The van der Waals surface area contributed by atoms with E-state index < -0.39 is 10.0 Å². The van der Waals surface area contributed by atoms with Crippen LogP contribution < -0.4 is 10.0 Å². The van der Waals surface area contributed by atoms with E-state index in [1.54, 1.807) is 18.2 Å². The average molecular weight is 437 g/mol. The van der Waals surface area contributed by atoms with Gasteiger partial charge in [0.25, 0.3) is 15.9 Å². The van der Waals surface area contributed by atoms with E-state index in [-0.39, 0.29) is 16.8 Å². The van der Waals surface area contributed by atoms with E-state index in [4.69, 9.17) is 0 Å². The van der Waals surface area contributed by atoms with Gasteiger partial charge < -0.3 is 5.32 Å². The zero-order valence-corrected chi connectivity index (χ0v) is 17.8. The largest absolute Gasteiger partial charge is 0.322 e. The molecule has 0 aliphatic heterocycles. The molecule has 0 atom stereocenters. The molecule has 4 rings (SSSR count). The summed E-state index contributed by atoms with van der Waals surface area (Å²) in [6.07, 6.45) is 9.18. The van der Waals surface area contributed by atoms with Gasteiger partial charge in [-0.15, -0.1) is 0 Å². The van der Waals surface area contributed by atoms with Crippen LogP contribution in [0.15, 0.2) is 71.9 Å². The first-order valence-corrected chi connectivity index (χ1v) is 11.8. The maximum absolute atomic E-state index is 12.6. The van der Waals surface area contributed by atoms with Crippen LogP contribution in [-0.4, -0.2) is 24.3 Å². The minimum Gasteiger partial charge on any atom is -0.322 e. The van der Waals surface area contributed by atoms with Crippen LogP contribution in [0.2, 0.25) is 0 Å². The summed E-state index contributed by atoms with van der Waals surface area (Å²) >= 11 is 0. The summed E-state index contributed by atoms with van der Waals surface area (Å²) in [5.74, 6) is 0.355. The third-order valence-electron chi connectivity index (χ3n) is 5.46. The predicted molar refractivity (Wildman–Crippen MR) is 120 cm³/mol. The van der Waals surface area contributed by atoms with Gasteiger partial charge in [-0.05, 0) is 66.8 Å². The van der Waals surface area contributed by atoms with Crippen LogP contribution in [0.4, 0.5) is 11.6 Å². The van der Waals surface area contributed by atoms with Crippen molar-refractivity contribution in [1.29, 1.82) is 0 Å². The van der Waals surface area contributed by atoms with Gasteiger partial charge in [-0.3, -0.25) is 4.79 Å². The van der Waals surface area contributed by atoms with Crippen molar-refractivity contribution in [2.75, 3.05) is 10.0 Å². The molecule has 0 unspecified atom stereocenters. The van der Waals surface area contributed by atoms with Gasteiger partial charge in [-0.2, -0.15) is 0 Å². The van der Waals surface area contributed by atoms with E-state index >= 15 is 0 Å². The lowest BCUT2D eigenvalue weighted by molar-refractivity contribution is 0.102. The minimum absolute atomic E-state index is 0.00319. The Labute approximate surface area is 182 Å². The second kappa shape index (κ2) is 9.26. The van der Waals surface area contributed by atoms with Gasteiger partial charge in [-0.25, -0.2) is 23.1 Å². The van der Waals surface area contributed by atoms with Crippen molar-refractivity contribution in [2.24, 2.45) is 0 Å². The molecule has 1 aliphatic carbocycles. The second-order valence-corrected chi connectivity index (χ2v) is 9.30. The highest BCUT2D eigenvalue weighted by atomic mass is 32.2. The number of benzene rings is 2. The monoisotopic (exact) mass is 436 g/mol. The summed E-state index contributed by atoms with van der Waals surface area (Å²) < 4.78 is 27.2. The summed E-state index contributed by atoms with van der Waals surface area (Å²) in [6.45, 7) is 0. The highest BCUT2D eigenvalue weighted by molar-refractivity contribution is 7.92. The quantitative estimate of drug-likeness (QED) is 0.589. The fourth-order valence-electron chi connectivity index (χ4n) is 3.79. The SMILES string of the molecule is O=C(Nc1ccc(S(=O)(=O)Nc2ncccn2)cc1)c1ccc(C2CCCCC2)cc1. The van der Waals surface area contributed by atoms with Crippen LogP contribution >= 0.6 is 0 Å². The lowest BCUT2D eigenvalue weighted by Gasteiger charge is -2.22. The standard InChI is InChI=1S/C23H24N4O3S/c28-22(19-9-7-18(8-10-19)17-5-2-1-3-6-17)26-20-11-13-21(14-12-20)31(29,30)27-23-24-15-4-16-25-23/h4,7-17H,1-3,5-6H2,(H,26,28)(H,24,25,27). The van der Waals surface area contributed by atoms with Gasteiger partial charge in [0, 0.05) is 23.6 Å². The minimum atomic E-state index is -3.81. The summed E-state index contributed by atoms with van der Waals surface area (Å²) in [6, 6.07) is 15.3. The van der Waals surface area contributed by atoms with Crippen molar-refractivity contribution in [2.45, 2.75) is 42.9 Å². The maximum atomic E-state index is 12.6. The Balaban J connectivity index is 1.39. The Morgan fingerprint density at radius 2 is 1.52 bits per heavy atom. The fraction of sp³-hybridized carbons (Fsp3) is 0.261. The van der Waals surface area contributed by atoms with Crippen molar-refractivity contribution in [3.8, 4) is 0 Å². The zero-order valence-electron chi connectivity index (χ0n) is 17.0. The van der Waals surface area contributed by atoms with Crippen molar-refractivity contribution in [3.05, 3.63) is 78.1 Å². The van der Waals surface area contributed by atoms with E-state index in [0.29, 0.717) is 17.2 Å². The number of aromatic nitrogens is 2. The number of rotatable bonds is 6. The van der Waals surface area contributed by atoms with E-state index in [2.05, 4.69) is 20.0 Å². The average Bonchev–Trinajstić information content (AvgIpc) is 2.80. The highest BCUT2D eigenvalue weighted by Gasteiger charge is 2.17. The first-order valence-electron chi connectivity index (χ1n) is 10.3. The Hall–Kier alpha value is -3.26. The molecule has 8 heteroatoms. The van der Waals surface area contributed by atoms with Crippen molar-refractivity contribution in [3.63, 3.8) is 0 Å². The molecule has 2 N–H and O–H groups in total. The van der Waals surface area contributed by atoms with Crippen molar-refractivity contribution >= 4 is 27.6 Å². The van der Waals surface area contributed by atoms with Crippen LogP contribution in [0.5, 0.6) is 0 Å². The van der Waals surface area contributed by atoms with Crippen molar-refractivity contribution < 1.29 is 13.2 Å². The molecule has 1 aromatic heterocycles. The number of nitrogens with one attached hydrogen (secondary N) is 2. The molecule has 0 saturated heterocycles. The second-order valence-electron chi connectivity index (χ2n) is 7.61. The number of sulfonamides is 1. The van der Waals surface area contributed by atoms with Gasteiger partial charge in [0.1, 0.15) is 0 Å². The number of carbonyl (C=O) groups excluding carboxylic acids is 1. The van der Waals surface area contributed by atoms with Gasteiger partial charge >= 0.3 is 0 Å². The van der Waals surface area contributed by atoms with Crippen LogP contribution in [-0.2, 0) is 10.0 Å². The smallest absolute Gasteiger partial charge is 0.264 e. The Morgan fingerprint density at radius 3 is 2.16 bits per heavy atom. The van der Waals surface area contributed by atoms with Crippen LogP contribution in [0.3, 0.4) is 0 Å². The molecule has 3 aromatic rings. The summed E-state index contributed by atoms with van der Waals surface area (Å²) in [5, 5.41) is 2.81. The normalized spacial score (nSPS) is 14.7. The molecule has 31 heavy (non-hydrogen) atoms. The van der Waals surface area contributed by atoms with E-state index in [0.717, 1.165) is 0 Å². The lowest BCUT2D eigenvalue weighted by atomic mass is 9.84. The molecule has 1 aliphatic rings. The fourth-order valence-corrected chi connectivity index (χ4v) is 4.75. The zero-order chi connectivity index (χ0) is 21.7. The van der Waals surface area contributed by atoms with E-state index in [1.807, 2.05) is 24.3 Å². The maximum Gasteiger partial charge on any atom is 0.264 e. The summed E-state index contributed by atoms with van der Waals surface area (Å²) in [7, 11) is -3.81. The first kappa shape index (κ1) is 21.0. The van der Waals surface area contributed by atoms with Crippen molar-refractivity contribution in [1.82, 2.24) is 9.97 Å². The molecule has 7 nitrogen and oxygen atoms in total. The molecule has 0 spiro atoms. The number of nitrogens with zero attached hydrogens (tertiary/aromatic N) is 2. The number of hydrogen-bond acceptors (Lipinski definition) is 5. The molecular weight excluding hydrogens is 412 g/mol. The van der Waals surface area contributed by atoms with E-state index in [1.165, 1.54) is 62.2 Å². The van der Waals surface area contributed by atoms with Crippen LogP contribution in [0.1, 0.15) is 53.9 Å². The number of amides is 1. The summed E-state index contributed by atoms with van der Waals surface area (Å²) in [4.78, 5) is 20.3. The van der Waals surface area contributed by atoms with Gasteiger partial charge in [0.2, 0.25) is 5.95 Å². The van der Waals surface area contributed by atoms with Gasteiger partial charge in [0.15, 0.2) is 0 Å². The molecule has 1 amide bonds. The third-order valence-corrected chi connectivity index (χ3v) is 6.81. The Bertz CT molecular complexity index is 1130. The predicted octanol–water partition coefficient (Wildman–Crippen LogP) is 4.58. The topological polar surface area (TPSA) is 101 Å². The van der Waals surface area contributed by atoms with Crippen LogP contribution in [0, 0.1) is 0 Å². The molecule has 0 radical (unpaired) electrons. The first-order chi connectivity index (χ1) is 15.0. The van der Waals surface area contributed by atoms with Gasteiger partial charge in [-0.1, -0.05) is 31.4 Å².